The molecule has 5 heteroatoms. The molecule has 1 heterocycles. The standard InChI is InChI=1S/C22H29FN2O2/c23-18-3-1-2-4-19(18)24-5-7-25(8-6-24)20(26)14-21-10-16-9-17(11-21)13-22(27,12-16)15-21/h1-4,16-17,27H,5-15H2/t16-,17-,21?,22?/m1/s1. The summed E-state index contributed by atoms with van der Waals surface area (Å²) in [5.41, 5.74) is 0.153. The van der Waals surface area contributed by atoms with Crippen LogP contribution in [0, 0.1) is 23.1 Å². The number of hydrogen-bond donors (Lipinski definition) is 1. The van der Waals surface area contributed by atoms with E-state index in [0.717, 1.165) is 32.1 Å². The summed E-state index contributed by atoms with van der Waals surface area (Å²) in [5.74, 6) is 1.26. The Morgan fingerprint density at radius 1 is 1.07 bits per heavy atom. The smallest absolute Gasteiger partial charge is 0.223 e. The number of rotatable bonds is 3. The van der Waals surface area contributed by atoms with Crippen LogP contribution in [-0.4, -0.2) is 47.7 Å². The number of amides is 1. The molecule has 5 aliphatic rings. The zero-order valence-corrected chi connectivity index (χ0v) is 15.9. The molecule has 1 saturated heterocycles. The predicted molar refractivity (Wildman–Crippen MR) is 102 cm³/mol. The molecule has 146 valence electrons. The van der Waals surface area contributed by atoms with E-state index in [9.17, 15) is 14.3 Å². The topological polar surface area (TPSA) is 43.8 Å². The Labute approximate surface area is 160 Å². The molecule has 2 atom stereocenters. The molecule has 0 unspecified atom stereocenters. The van der Waals surface area contributed by atoms with E-state index in [1.807, 2.05) is 21.9 Å². The van der Waals surface area contributed by atoms with E-state index in [0.29, 0.717) is 50.1 Å². The average molecular weight is 372 g/mol. The Morgan fingerprint density at radius 2 is 1.74 bits per heavy atom. The van der Waals surface area contributed by atoms with Gasteiger partial charge in [-0.2, -0.15) is 0 Å². The first-order valence-corrected chi connectivity index (χ1v) is 10.4. The summed E-state index contributed by atoms with van der Waals surface area (Å²) in [4.78, 5) is 17.0. The highest BCUT2D eigenvalue weighted by molar-refractivity contribution is 5.77. The molecule has 0 radical (unpaired) electrons. The number of carbonyl (C=O) groups excluding carboxylic acids is 1. The van der Waals surface area contributed by atoms with Gasteiger partial charge >= 0.3 is 0 Å². The summed E-state index contributed by atoms with van der Waals surface area (Å²) in [6.07, 6.45) is 6.77. The maximum Gasteiger partial charge on any atom is 0.223 e. The number of benzene rings is 1. The largest absolute Gasteiger partial charge is 0.390 e. The fourth-order valence-corrected chi connectivity index (χ4v) is 6.95. The fraction of sp³-hybridized carbons (Fsp3) is 0.682. The summed E-state index contributed by atoms with van der Waals surface area (Å²) in [6.45, 7) is 2.66. The molecular weight excluding hydrogens is 343 g/mol. The Morgan fingerprint density at radius 3 is 2.37 bits per heavy atom. The second kappa shape index (κ2) is 6.20. The molecule has 1 aromatic rings. The minimum absolute atomic E-state index is 0.0264. The normalized spacial score (nSPS) is 37.7. The number of carbonyl (C=O) groups is 1. The van der Waals surface area contributed by atoms with Crippen LogP contribution in [0.3, 0.4) is 0 Å². The summed E-state index contributed by atoms with van der Waals surface area (Å²) < 4.78 is 14.0. The molecule has 1 aliphatic heterocycles. The Bertz CT molecular complexity index is 730. The van der Waals surface area contributed by atoms with E-state index in [1.165, 1.54) is 12.5 Å². The molecular formula is C22H29FN2O2. The van der Waals surface area contributed by atoms with Gasteiger partial charge in [0.2, 0.25) is 5.91 Å². The third-order valence-corrected chi connectivity index (χ3v) is 7.50. The van der Waals surface area contributed by atoms with E-state index in [4.69, 9.17) is 0 Å². The average Bonchev–Trinajstić information content (AvgIpc) is 2.60. The van der Waals surface area contributed by atoms with Crippen LogP contribution in [0.1, 0.15) is 44.9 Å². The lowest BCUT2D eigenvalue weighted by molar-refractivity contribution is -0.172. The van der Waals surface area contributed by atoms with Crippen LogP contribution in [0.15, 0.2) is 24.3 Å². The van der Waals surface area contributed by atoms with E-state index < -0.39 is 5.60 Å². The Kier molecular flexibility index (Phi) is 4.01. The summed E-state index contributed by atoms with van der Waals surface area (Å²) in [5, 5.41) is 10.9. The van der Waals surface area contributed by atoms with E-state index in [2.05, 4.69) is 0 Å². The second-order valence-electron chi connectivity index (χ2n) is 9.68. The van der Waals surface area contributed by atoms with Crippen molar-refractivity contribution in [2.24, 2.45) is 17.3 Å². The lowest BCUT2D eigenvalue weighted by atomic mass is 9.47. The molecule has 1 N–H and O–H groups in total. The van der Waals surface area contributed by atoms with Gasteiger partial charge in [-0.1, -0.05) is 12.1 Å². The van der Waals surface area contributed by atoms with Gasteiger partial charge in [-0.05, 0) is 67.9 Å². The van der Waals surface area contributed by atoms with E-state index in [-0.39, 0.29) is 17.1 Å². The number of halogens is 1. The maximum atomic E-state index is 14.0. The third-order valence-electron chi connectivity index (χ3n) is 7.50. The van der Waals surface area contributed by atoms with Crippen LogP contribution < -0.4 is 4.90 Å². The Balaban J connectivity index is 1.22. The molecule has 0 aromatic heterocycles. The van der Waals surface area contributed by atoms with Gasteiger partial charge in [0.05, 0.1) is 11.3 Å². The molecule has 5 fully saturated rings. The first-order valence-electron chi connectivity index (χ1n) is 10.4. The van der Waals surface area contributed by atoms with Crippen LogP contribution in [-0.2, 0) is 4.79 Å². The monoisotopic (exact) mass is 372 g/mol. The van der Waals surface area contributed by atoms with Crippen molar-refractivity contribution < 1.29 is 14.3 Å². The number of anilines is 1. The van der Waals surface area contributed by atoms with Gasteiger partial charge in [-0.25, -0.2) is 4.39 Å². The van der Waals surface area contributed by atoms with Crippen molar-refractivity contribution in [1.29, 1.82) is 0 Å². The SMILES string of the molecule is O=C(CC12C[C@H]3C[C@@H](CC(O)(C3)C1)C2)N1CCN(c2ccccc2F)CC1. The molecule has 0 spiro atoms. The molecule has 4 nitrogen and oxygen atoms in total. The lowest BCUT2D eigenvalue weighted by Crippen LogP contribution is -2.57. The molecule has 1 aromatic carbocycles. The van der Waals surface area contributed by atoms with Crippen molar-refractivity contribution in [3.63, 3.8) is 0 Å². The molecule has 4 bridgehead atoms. The quantitative estimate of drug-likeness (QED) is 0.886. The predicted octanol–water partition coefficient (Wildman–Crippen LogP) is 3.20. The molecule has 4 aliphatic carbocycles. The highest BCUT2D eigenvalue weighted by Crippen LogP contribution is 2.62. The molecule has 4 saturated carbocycles. The van der Waals surface area contributed by atoms with Crippen molar-refractivity contribution >= 4 is 11.6 Å². The van der Waals surface area contributed by atoms with Crippen molar-refractivity contribution in [2.75, 3.05) is 31.1 Å². The third kappa shape index (κ3) is 3.14. The van der Waals surface area contributed by atoms with Gasteiger partial charge in [-0.15, -0.1) is 0 Å². The highest BCUT2D eigenvalue weighted by atomic mass is 19.1. The van der Waals surface area contributed by atoms with Gasteiger partial charge in [0.15, 0.2) is 0 Å². The first-order chi connectivity index (χ1) is 12.9. The highest BCUT2D eigenvalue weighted by Gasteiger charge is 2.57. The van der Waals surface area contributed by atoms with Crippen LogP contribution in [0.25, 0.3) is 0 Å². The zero-order chi connectivity index (χ0) is 18.6. The number of nitrogens with zero attached hydrogens (tertiary/aromatic N) is 2. The van der Waals surface area contributed by atoms with Crippen molar-refractivity contribution in [1.82, 2.24) is 4.90 Å². The van der Waals surface area contributed by atoms with Crippen LogP contribution in [0.4, 0.5) is 10.1 Å². The number of piperazine rings is 1. The summed E-state index contributed by atoms with van der Waals surface area (Å²) in [7, 11) is 0. The minimum atomic E-state index is -0.506. The first kappa shape index (κ1) is 17.5. The van der Waals surface area contributed by atoms with Gasteiger partial charge < -0.3 is 14.9 Å². The maximum absolute atomic E-state index is 14.0. The second-order valence-corrected chi connectivity index (χ2v) is 9.68. The number of hydrogen-bond acceptors (Lipinski definition) is 3. The zero-order valence-electron chi connectivity index (χ0n) is 15.9. The molecule has 6 rings (SSSR count). The van der Waals surface area contributed by atoms with Crippen molar-refractivity contribution in [3.05, 3.63) is 30.1 Å². The van der Waals surface area contributed by atoms with Crippen LogP contribution in [0.5, 0.6) is 0 Å². The van der Waals surface area contributed by atoms with Crippen LogP contribution in [0.2, 0.25) is 0 Å². The number of para-hydroxylation sites is 1. The number of aliphatic hydroxyl groups is 1. The van der Waals surface area contributed by atoms with Crippen molar-refractivity contribution in [3.8, 4) is 0 Å². The Hall–Kier alpha value is -1.62. The summed E-state index contributed by atoms with van der Waals surface area (Å²) >= 11 is 0. The van der Waals surface area contributed by atoms with Gasteiger partial charge in [0, 0.05) is 32.6 Å². The summed E-state index contributed by atoms with van der Waals surface area (Å²) in [6, 6.07) is 6.86. The lowest BCUT2D eigenvalue weighted by Gasteiger charge is -2.60. The van der Waals surface area contributed by atoms with Gasteiger partial charge in [-0.3, -0.25) is 4.79 Å². The minimum Gasteiger partial charge on any atom is -0.390 e. The van der Waals surface area contributed by atoms with Gasteiger partial charge in [0.25, 0.3) is 0 Å². The van der Waals surface area contributed by atoms with Crippen molar-refractivity contribution in [2.45, 2.75) is 50.5 Å². The van der Waals surface area contributed by atoms with E-state index in [1.54, 1.807) is 6.07 Å². The van der Waals surface area contributed by atoms with E-state index >= 15 is 0 Å². The molecule has 27 heavy (non-hydrogen) atoms. The fourth-order valence-electron chi connectivity index (χ4n) is 6.95. The molecule has 1 amide bonds. The van der Waals surface area contributed by atoms with Gasteiger partial charge in [0.1, 0.15) is 5.82 Å². The van der Waals surface area contributed by atoms with Crippen LogP contribution >= 0.6 is 0 Å².